The van der Waals surface area contributed by atoms with Crippen molar-refractivity contribution in [3.05, 3.63) is 0 Å². The van der Waals surface area contributed by atoms with Crippen molar-refractivity contribution in [2.45, 2.75) is 25.8 Å². The molecule has 0 aromatic rings. The predicted molar refractivity (Wildman–Crippen MR) is 56.0 cm³/mol. The van der Waals surface area contributed by atoms with E-state index in [1.165, 1.54) is 0 Å². The molecule has 4 nitrogen and oxygen atoms in total. The SMILES string of the molecule is CC(C#N)N1CCN(C(=O)C2CC2)CC1. The molecule has 0 bridgehead atoms. The summed E-state index contributed by atoms with van der Waals surface area (Å²) in [6.07, 6.45) is 2.15. The van der Waals surface area contributed by atoms with E-state index >= 15 is 0 Å². The number of carbonyl (C=O) groups is 1. The average molecular weight is 207 g/mol. The first-order valence-corrected chi connectivity index (χ1v) is 5.65. The van der Waals surface area contributed by atoms with Gasteiger partial charge in [0.05, 0.1) is 12.1 Å². The number of piperazine rings is 1. The Bertz CT molecular complexity index is 285. The molecule has 0 spiro atoms. The van der Waals surface area contributed by atoms with Crippen molar-refractivity contribution in [2.75, 3.05) is 26.2 Å². The van der Waals surface area contributed by atoms with E-state index in [-0.39, 0.29) is 6.04 Å². The summed E-state index contributed by atoms with van der Waals surface area (Å²) >= 11 is 0. The summed E-state index contributed by atoms with van der Waals surface area (Å²) in [5.74, 6) is 0.657. The van der Waals surface area contributed by atoms with Crippen molar-refractivity contribution in [3.8, 4) is 6.07 Å². The Morgan fingerprint density at radius 1 is 1.33 bits per heavy atom. The Kier molecular flexibility index (Phi) is 2.92. The fraction of sp³-hybridized carbons (Fsp3) is 0.818. The monoisotopic (exact) mass is 207 g/mol. The molecule has 15 heavy (non-hydrogen) atoms. The molecule has 1 unspecified atom stereocenters. The van der Waals surface area contributed by atoms with Gasteiger partial charge in [-0.15, -0.1) is 0 Å². The second-order valence-corrected chi connectivity index (χ2v) is 4.44. The number of amides is 1. The number of hydrogen-bond acceptors (Lipinski definition) is 3. The minimum absolute atomic E-state index is 0.0248. The van der Waals surface area contributed by atoms with Crippen LogP contribution >= 0.6 is 0 Å². The van der Waals surface area contributed by atoms with E-state index in [0.29, 0.717) is 11.8 Å². The van der Waals surface area contributed by atoms with Gasteiger partial charge < -0.3 is 4.90 Å². The third kappa shape index (κ3) is 2.29. The fourth-order valence-electron chi connectivity index (χ4n) is 2.00. The van der Waals surface area contributed by atoms with E-state index in [9.17, 15) is 4.79 Å². The largest absolute Gasteiger partial charge is 0.340 e. The van der Waals surface area contributed by atoms with Gasteiger partial charge in [0.25, 0.3) is 0 Å². The first-order valence-electron chi connectivity index (χ1n) is 5.65. The van der Waals surface area contributed by atoms with Gasteiger partial charge in [-0.05, 0) is 19.8 Å². The molecule has 1 aliphatic heterocycles. The fourth-order valence-corrected chi connectivity index (χ4v) is 2.00. The van der Waals surface area contributed by atoms with E-state index in [2.05, 4.69) is 11.0 Å². The van der Waals surface area contributed by atoms with Gasteiger partial charge in [-0.1, -0.05) is 0 Å². The van der Waals surface area contributed by atoms with Gasteiger partial charge in [-0.3, -0.25) is 9.69 Å². The number of carbonyl (C=O) groups excluding carboxylic acids is 1. The maximum absolute atomic E-state index is 11.7. The van der Waals surface area contributed by atoms with Crippen LogP contribution in [-0.4, -0.2) is 47.9 Å². The summed E-state index contributed by atoms with van der Waals surface area (Å²) < 4.78 is 0. The second-order valence-electron chi connectivity index (χ2n) is 4.44. The molecular formula is C11H17N3O. The molecular weight excluding hydrogens is 190 g/mol. The second kappa shape index (κ2) is 4.19. The number of rotatable bonds is 2. The highest BCUT2D eigenvalue weighted by Gasteiger charge is 2.34. The van der Waals surface area contributed by atoms with Crippen LogP contribution < -0.4 is 0 Å². The lowest BCUT2D eigenvalue weighted by Gasteiger charge is -2.36. The molecule has 1 saturated carbocycles. The molecule has 1 atom stereocenters. The molecule has 4 heteroatoms. The van der Waals surface area contributed by atoms with Crippen LogP contribution in [0.3, 0.4) is 0 Å². The van der Waals surface area contributed by atoms with Crippen LogP contribution in [0.1, 0.15) is 19.8 Å². The summed E-state index contributed by atoms with van der Waals surface area (Å²) in [6, 6.07) is 2.21. The van der Waals surface area contributed by atoms with E-state index in [1.807, 2.05) is 11.8 Å². The number of nitrogens with zero attached hydrogens (tertiary/aromatic N) is 3. The van der Waals surface area contributed by atoms with Crippen molar-refractivity contribution < 1.29 is 4.79 Å². The van der Waals surface area contributed by atoms with Gasteiger partial charge in [0, 0.05) is 32.1 Å². The first kappa shape index (κ1) is 10.4. The number of nitriles is 1. The van der Waals surface area contributed by atoms with Crippen LogP contribution in [-0.2, 0) is 4.79 Å². The van der Waals surface area contributed by atoms with Gasteiger partial charge in [0.2, 0.25) is 5.91 Å². The molecule has 1 amide bonds. The van der Waals surface area contributed by atoms with Crippen molar-refractivity contribution in [2.24, 2.45) is 5.92 Å². The smallest absolute Gasteiger partial charge is 0.225 e. The molecule has 0 radical (unpaired) electrons. The molecule has 1 saturated heterocycles. The Labute approximate surface area is 90.5 Å². The summed E-state index contributed by atoms with van der Waals surface area (Å²) in [5, 5.41) is 8.79. The van der Waals surface area contributed by atoms with Crippen LogP contribution in [0.15, 0.2) is 0 Å². The molecule has 0 aromatic heterocycles. The van der Waals surface area contributed by atoms with Crippen LogP contribution in [0.5, 0.6) is 0 Å². The van der Waals surface area contributed by atoms with Crippen molar-refractivity contribution in [1.82, 2.24) is 9.80 Å². The maximum atomic E-state index is 11.7. The van der Waals surface area contributed by atoms with Crippen molar-refractivity contribution in [3.63, 3.8) is 0 Å². The van der Waals surface area contributed by atoms with Crippen LogP contribution in [0, 0.1) is 17.2 Å². The van der Waals surface area contributed by atoms with Gasteiger partial charge in [0.1, 0.15) is 0 Å². The first-order chi connectivity index (χ1) is 7.22. The van der Waals surface area contributed by atoms with Gasteiger partial charge >= 0.3 is 0 Å². The Balaban J connectivity index is 1.81. The zero-order valence-electron chi connectivity index (χ0n) is 9.15. The Hall–Kier alpha value is -1.08. The average Bonchev–Trinajstić information content (AvgIpc) is 3.11. The topological polar surface area (TPSA) is 47.3 Å². The summed E-state index contributed by atoms with van der Waals surface area (Å²) in [6.45, 7) is 5.18. The summed E-state index contributed by atoms with van der Waals surface area (Å²) in [7, 11) is 0. The van der Waals surface area contributed by atoms with E-state index in [1.54, 1.807) is 0 Å². The highest BCUT2D eigenvalue weighted by Crippen LogP contribution is 2.31. The number of hydrogen-bond donors (Lipinski definition) is 0. The van der Waals surface area contributed by atoms with Crippen molar-refractivity contribution in [1.29, 1.82) is 5.26 Å². The lowest BCUT2D eigenvalue weighted by molar-refractivity contribution is -0.134. The van der Waals surface area contributed by atoms with Crippen molar-refractivity contribution >= 4 is 5.91 Å². The van der Waals surface area contributed by atoms with Gasteiger partial charge in [-0.2, -0.15) is 5.26 Å². The predicted octanol–water partition coefficient (Wildman–Crippen LogP) is 0.453. The molecule has 2 aliphatic rings. The zero-order valence-corrected chi connectivity index (χ0v) is 9.15. The molecule has 2 rings (SSSR count). The van der Waals surface area contributed by atoms with Crippen LogP contribution in [0.25, 0.3) is 0 Å². The standard InChI is InChI=1S/C11H17N3O/c1-9(8-12)13-4-6-14(7-5-13)11(15)10-2-3-10/h9-10H,2-7H2,1H3. The lowest BCUT2D eigenvalue weighted by Crippen LogP contribution is -2.51. The van der Waals surface area contributed by atoms with Gasteiger partial charge in [-0.25, -0.2) is 0 Å². The molecule has 0 N–H and O–H groups in total. The van der Waals surface area contributed by atoms with E-state index in [4.69, 9.17) is 5.26 Å². The molecule has 2 fully saturated rings. The lowest BCUT2D eigenvalue weighted by atomic mass is 10.2. The van der Waals surface area contributed by atoms with Crippen LogP contribution in [0.2, 0.25) is 0 Å². The molecule has 1 aliphatic carbocycles. The molecule has 0 aromatic carbocycles. The zero-order chi connectivity index (χ0) is 10.8. The summed E-state index contributed by atoms with van der Waals surface area (Å²) in [5.41, 5.74) is 0. The third-order valence-corrected chi connectivity index (χ3v) is 3.29. The Morgan fingerprint density at radius 3 is 2.40 bits per heavy atom. The van der Waals surface area contributed by atoms with Gasteiger partial charge in [0.15, 0.2) is 0 Å². The minimum Gasteiger partial charge on any atom is -0.340 e. The third-order valence-electron chi connectivity index (χ3n) is 3.29. The van der Waals surface area contributed by atoms with E-state index in [0.717, 1.165) is 39.0 Å². The molecule has 82 valence electrons. The van der Waals surface area contributed by atoms with E-state index < -0.39 is 0 Å². The maximum Gasteiger partial charge on any atom is 0.225 e. The quantitative estimate of drug-likeness (QED) is 0.660. The normalized spacial score (nSPS) is 24.7. The highest BCUT2D eigenvalue weighted by molar-refractivity contribution is 5.81. The van der Waals surface area contributed by atoms with Crippen LogP contribution in [0.4, 0.5) is 0 Å². The summed E-state index contributed by atoms with van der Waals surface area (Å²) in [4.78, 5) is 15.8. The molecule has 1 heterocycles. The Morgan fingerprint density at radius 2 is 1.93 bits per heavy atom. The minimum atomic E-state index is -0.0248. The highest BCUT2D eigenvalue weighted by atomic mass is 16.2.